The van der Waals surface area contributed by atoms with Crippen LogP contribution in [0, 0.1) is 0 Å². The van der Waals surface area contributed by atoms with Crippen molar-refractivity contribution in [3.8, 4) is 23.0 Å². The van der Waals surface area contributed by atoms with Gasteiger partial charge in [-0.2, -0.15) is 0 Å². The molecular weight excluding hydrogens is 486 g/mol. The number of hydrogen-bond acceptors (Lipinski definition) is 8. The molecule has 0 fully saturated rings. The van der Waals surface area contributed by atoms with Crippen molar-refractivity contribution in [2.45, 2.75) is 31.8 Å². The maximum absolute atomic E-state index is 12.8. The Morgan fingerprint density at radius 2 is 1.75 bits per heavy atom. The number of carbonyl (C=O) groups excluding carboxylic acids is 2. The van der Waals surface area contributed by atoms with Crippen LogP contribution in [0.15, 0.2) is 61.2 Å². The quantitative estimate of drug-likeness (QED) is 0.311. The molecule has 2 amide bonds. The van der Waals surface area contributed by atoms with Crippen LogP contribution in [-0.2, 0) is 11.3 Å². The van der Waals surface area contributed by atoms with Crippen LogP contribution in [0.1, 0.15) is 24.8 Å². The van der Waals surface area contributed by atoms with Crippen molar-refractivity contribution in [3.05, 3.63) is 71.8 Å². The highest BCUT2D eigenvalue weighted by Gasteiger charge is 2.21. The first kappa shape index (κ1) is 26.7. The van der Waals surface area contributed by atoms with Gasteiger partial charge in [-0.25, -0.2) is 14.8 Å². The summed E-state index contributed by atoms with van der Waals surface area (Å²) >= 11 is 6.23. The Morgan fingerprint density at radius 3 is 2.42 bits per heavy atom. The molecule has 36 heavy (non-hydrogen) atoms. The smallest absolute Gasteiger partial charge is 0.413 e. The fourth-order valence-corrected chi connectivity index (χ4v) is 3.39. The van der Waals surface area contributed by atoms with Gasteiger partial charge < -0.3 is 30.6 Å². The zero-order valence-corrected chi connectivity index (χ0v) is 20.5. The molecule has 0 spiro atoms. The Morgan fingerprint density at radius 1 is 1.03 bits per heavy atom. The highest BCUT2D eigenvalue weighted by Crippen LogP contribution is 2.32. The van der Waals surface area contributed by atoms with E-state index in [1.165, 1.54) is 18.7 Å². The van der Waals surface area contributed by atoms with Crippen LogP contribution < -0.4 is 30.6 Å². The van der Waals surface area contributed by atoms with Gasteiger partial charge in [-0.1, -0.05) is 23.7 Å². The van der Waals surface area contributed by atoms with E-state index >= 15 is 0 Å². The summed E-state index contributed by atoms with van der Waals surface area (Å²) in [7, 11) is 1.56. The number of rotatable bonds is 12. The van der Waals surface area contributed by atoms with Gasteiger partial charge in [0.05, 0.1) is 24.5 Å². The lowest BCUT2D eigenvalue weighted by atomic mass is 10.1. The number of nitrogens with one attached hydrogen (secondary N) is 2. The Balaban J connectivity index is 1.54. The van der Waals surface area contributed by atoms with Gasteiger partial charge in [0.1, 0.15) is 29.6 Å². The predicted octanol–water partition coefficient (Wildman–Crippen LogP) is 3.83. The molecule has 0 saturated carbocycles. The lowest BCUT2D eigenvalue weighted by molar-refractivity contribution is -0.123. The summed E-state index contributed by atoms with van der Waals surface area (Å²) in [6.45, 7) is 0.759. The summed E-state index contributed by atoms with van der Waals surface area (Å²) in [6.07, 6.45) is 5.07. The first-order valence-corrected chi connectivity index (χ1v) is 11.7. The summed E-state index contributed by atoms with van der Waals surface area (Å²) in [6, 6.07) is 11.6. The van der Waals surface area contributed by atoms with Gasteiger partial charge in [-0.05, 0) is 55.6 Å². The maximum atomic E-state index is 12.8. The number of ether oxygens (including phenoxy) is 3. The molecule has 0 aliphatic heterocycles. The molecule has 10 nitrogen and oxygen atoms in total. The second-order valence-electron chi connectivity index (χ2n) is 7.71. The third-order valence-corrected chi connectivity index (χ3v) is 5.36. The first-order valence-electron chi connectivity index (χ1n) is 11.3. The molecule has 2 aromatic carbocycles. The molecule has 3 rings (SSSR count). The lowest BCUT2D eigenvalue weighted by Gasteiger charge is -2.18. The summed E-state index contributed by atoms with van der Waals surface area (Å²) in [5.74, 6) is 1.56. The molecule has 0 radical (unpaired) electrons. The monoisotopic (exact) mass is 513 g/mol. The third-order valence-electron chi connectivity index (χ3n) is 5.06. The number of hydrogen-bond donors (Lipinski definition) is 3. The number of unbranched alkanes of at least 4 members (excludes halogenated alkanes) is 1. The maximum Gasteiger partial charge on any atom is 0.413 e. The molecule has 0 bridgehead atoms. The minimum absolute atomic E-state index is 0.175. The van der Waals surface area contributed by atoms with Crippen LogP contribution in [-0.4, -0.2) is 41.7 Å². The van der Waals surface area contributed by atoms with Gasteiger partial charge in [0.15, 0.2) is 5.75 Å². The molecule has 190 valence electrons. The molecule has 1 aromatic heterocycles. The van der Waals surface area contributed by atoms with Crippen molar-refractivity contribution >= 4 is 23.6 Å². The van der Waals surface area contributed by atoms with E-state index in [1.807, 2.05) is 12.1 Å². The molecule has 0 aliphatic carbocycles. The van der Waals surface area contributed by atoms with E-state index in [4.69, 9.17) is 31.5 Å². The lowest BCUT2D eigenvalue weighted by Crippen LogP contribution is -2.47. The number of halogens is 1. The van der Waals surface area contributed by atoms with E-state index in [2.05, 4.69) is 20.6 Å². The van der Waals surface area contributed by atoms with Crippen molar-refractivity contribution in [1.82, 2.24) is 20.6 Å². The number of nitrogens with two attached hydrogens (primary N) is 1. The summed E-state index contributed by atoms with van der Waals surface area (Å²) < 4.78 is 16.1. The van der Waals surface area contributed by atoms with Crippen LogP contribution >= 0.6 is 11.6 Å². The van der Waals surface area contributed by atoms with E-state index in [9.17, 15) is 9.59 Å². The Bertz CT molecular complexity index is 1130. The molecule has 11 heteroatoms. The van der Waals surface area contributed by atoms with Crippen LogP contribution in [0.3, 0.4) is 0 Å². The minimum atomic E-state index is -0.784. The SMILES string of the molecule is COc1ccc(Oc2ccc(CNC(=O)[C@H](CCCCN)NC(=O)Oc3cncnc3)cc2)c(Cl)c1. The molecule has 3 aromatic rings. The summed E-state index contributed by atoms with van der Waals surface area (Å²) in [4.78, 5) is 32.6. The van der Waals surface area contributed by atoms with Crippen molar-refractivity contribution < 1.29 is 23.8 Å². The summed E-state index contributed by atoms with van der Waals surface area (Å²) in [5.41, 5.74) is 6.41. The van der Waals surface area contributed by atoms with E-state index in [-0.39, 0.29) is 18.2 Å². The number of aromatic nitrogens is 2. The number of nitrogens with zero attached hydrogens (tertiary/aromatic N) is 2. The molecule has 1 heterocycles. The van der Waals surface area contributed by atoms with E-state index < -0.39 is 12.1 Å². The molecule has 0 unspecified atom stereocenters. The highest BCUT2D eigenvalue weighted by atomic mass is 35.5. The zero-order chi connectivity index (χ0) is 25.8. The van der Waals surface area contributed by atoms with Crippen LogP contribution in [0.4, 0.5) is 4.79 Å². The predicted molar refractivity (Wildman–Crippen MR) is 134 cm³/mol. The second kappa shape index (κ2) is 13.9. The molecule has 0 saturated heterocycles. The molecule has 1 atom stereocenters. The van der Waals surface area contributed by atoms with E-state index in [0.29, 0.717) is 41.7 Å². The van der Waals surface area contributed by atoms with Crippen LogP contribution in [0.2, 0.25) is 5.02 Å². The van der Waals surface area contributed by atoms with Crippen molar-refractivity contribution in [1.29, 1.82) is 0 Å². The minimum Gasteiger partial charge on any atom is -0.497 e. The number of benzene rings is 2. The van der Waals surface area contributed by atoms with Crippen molar-refractivity contribution in [2.24, 2.45) is 5.73 Å². The topological polar surface area (TPSA) is 138 Å². The molecule has 0 aliphatic rings. The van der Waals surface area contributed by atoms with Crippen molar-refractivity contribution in [2.75, 3.05) is 13.7 Å². The van der Waals surface area contributed by atoms with Crippen molar-refractivity contribution in [3.63, 3.8) is 0 Å². The third kappa shape index (κ3) is 8.40. The van der Waals surface area contributed by atoms with Gasteiger partial charge in [0.25, 0.3) is 0 Å². The average Bonchev–Trinajstić information content (AvgIpc) is 2.89. The Hall–Kier alpha value is -3.89. The van der Waals surface area contributed by atoms with E-state index in [1.54, 1.807) is 37.4 Å². The number of amides is 2. The second-order valence-corrected chi connectivity index (χ2v) is 8.11. The standard InChI is InChI=1S/C25H28ClN5O5/c1-34-19-9-10-23(21(26)12-19)35-18-7-5-17(6-8-18)13-30-24(32)22(4-2-3-11-27)31-25(33)36-20-14-28-16-29-15-20/h5-10,12,14-16,22H,2-4,11,13,27H2,1H3,(H,30,32)(H,31,33)/t22-/m0/s1. The van der Waals surface area contributed by atoms with E-state index in [0.717, 1.165) is 12.0 Å². The van der Waals surface area contributed by atoms with Gasteiger partial charge in [-0.3, -0.25) is 4.79 Å². The average molecular weight is 514 g/mol. The normalized spacial score (nSPS) is 11.3. The molecule has 4 N–H and O–H groups in total. The van der Waals surface area contributed by atoms with Crippen LogP contribution in [0.25, 0.3) is 0 Å². The highest BCUT2D eigenvalue weighted by molar-refractivity contribution is 6.32. The van der Waals surface area contributed by atoms with Gasteiger partial charge in [0, 0.05) is 12.6 Å². The first-order chi connectivity index (χ1) is 17.5. The van der Waals surface area contributed by atoms with Gasteiger partial charge in [0.2, 0.25) is 5.91 Å². The van der Waals surface area contributed by atoms with Gasteiger partial charge >= 0.3 is 6.09 Å². The Labute approximate surface area is 214 Å². The number of methoxy groups -OCH3 is 1. The molecular formula is C25H28ClN5O5. The fourth-order valence-electron chi connectivity index (χ4n) is 3.18. The van der Waals surface area contributed by atoms with Gasteiger partial charge in [-0.15, -0.1) is 0 Å². The summed E-state index contributed by atoms with van der Waals surface area (Å²) in [5, 5.41) is 5.87. The number of carbonyl (C=O) groups is 2. The van der Waals surface area contributed by atoms with Crippen LogP contribution in [0.5, 0.6) is 23.0 Å². The fraction of sp³-hybridized carbons (Fsp3) is 0.280. The zero-order valence-electron chi connectivity index (χ0n) is 19.8. The largest absolute Gasteiger partial charge is 0.497 e. The Kier molecular flexibility index (Phi) is 10.3.